The molecule has 4 fully saturated rings. The van der Waals surface area contributed by atoms with Crippen LogP contribution in [0.3, 0.4) is 0 Å². The van der Waals surface area contributed by atoms with Gasteiger partial charge in [0, 0.05) is 36.5 Å². The molecule has 4 aliphatic carbocycles. The van der Waals surface area contributed by atoms with Crippen molar-refractivity contribution in [2.45, 2.75) is 97.9 Å². The molecule has 6 heteroatoms. The van der Waals surface area contributed by atoms with Crippen LogP contribution in [0.2, 0.25) is 4.34 Å². The first-order valence-electron chi connectivity index (χ1n) is 14.2. The lowest BCUT2D eigenvalue weighted by molar-refractivity contribution is -0.159. The zero-order chi connectivity index (χ0) is 25.8. The number of amides is 1. The number of nitrogens with one attached hydrogen (secondary N) is 1. The second-order valence-electron chi connectivity index (χ2n) is 12.9. The van der Waals surface area contributed by atoms with Crippen LogP contribution >= 0.6 is 22.9 Å². The van der Waals surface area contributed by atoms with E-state index in [1.165, 1.54) is 11.3 Å². The standard InChI is InChI=1S/C30H42ClNO3S/c1-5-23(25-8-9-26(31)36-25)32-27(35)14-17(2)20-6-7-21-28-22(11-13-30(20,21)4)29(3)12-10-19(33)15-18(29)16-24(28)34/h8-9,17-18,20-23,28H,5-7,10-16H2,1-4H3,(H,32,35)/t17-,18+,20-,21+,22+,23-,28+,29+,30-/m1/s1. The number of carbonyl (C=O) groups is 3. The summed E-state index contributed by atoms with van der Waals surface area (Å²) in [6.45, 7) is 9.16. The molecule has 1 amide bonds. The summed E-state index contributed by atoms with van der Waals surface area (Å²) >= 11 is 7.67. The van der Waals surface area contributed by atoms with Crippen molar-refractivity contribution < 1.29 is 14.4 Å². The predicted octanol–water partition coefficient (Wildman–Crippen LogP) is 7.40. The molecule has 4 nitrogen and oxygen atoms in total. The first kappa shape index (κ1) is 26.4. The van der Waals surface area contributed by atoms with Crippen LogP contribution in [0, 0.1) is 46.3 Å². The van der Waals surface area contributed by atoms with Crippen molar-refractivity contribution in [1.29, 1.82) is 0 Å². The number of halogens is 1. The van der Waals surface area contributed by atoms with Gasteiger partial charge < -0.3 is 5.32 Å². The second-order valence-corrected chi connectivity index (χ2v) is 14.7. The zero-order valence-corrected chi connectivity index (χ0v) is 23.9. The molecular formula is C30H42ClNO3S. The number of fused-ring (bicyclic) bond motifs is 5. The van der Waals surface area contributed by atoms with Crippen molar-refractivity contribution in [3.63, 3.8) is 0 Å². The molecule has 0 aromatic carbocycles. The van der Waals surface area contributed by atoms with Gasteiger partial charge in [-0.3, -0.25) is 14.4 Å². The number of hydrogen-bond donors (Lipinski definition) is 1. The summed E-state index contributed by atoms with van der Waals surface area (Å²) in [6.07, 6.45) is 8.69. The summed E-state index contributed by atoms with van der Waals surface area (Å²) in [7, 11) is 0. The van der Waals surface area contributed by atoms with Gasteiger partial charge in [0.2, 0.25) is 5.91 Å². The quantitative estimate of drug-likeness (QED) is 0.416. The molecule has 1 aromatic heterocycles. The van der Waals surface area contributed by atoms with Crippen molar-refractivity contribution in [2.24, 2.45) is 46.3 Å². The molecule has 9 atom stereocenters. The molecule has 1 aromatic rings. The molecule has 5 rings (SSSR count). The largest absolute Gasteiger partial charge is 0.348 e. The highest BCUT2D eigenvalue weighted by molar-refractivity contribution is 7.16. The van der Waals surface area contributed by atoms with E-state index in [1.807, 2.05) is 12.1 Å². The zero-order valence-electron chi connectivity index (χ0n) is 22.3. The lowest BCUT2D eigenvalue weighted by Gasteiger charge is -2.59. The van der Waals surface area contributed by atoms with Crippen molar-refractivity contribution in [1.82, 2.24) is 5.32 Å². The topological polar surface area (TPSA) is 63.2 Å². The van der Waals surface area contributed by atoms with E-state index in [-0.39, 0.29) is 40.5 Å². The van der Waals surface area contributed by atoms with E-state index in [0.29, 0.717) is 55.0 Å². The van der Waals surface area contributed by atoms with E-state index in [1.54, 1.807) is 0 Å². The maximum absolute atomic E-state index is 13.6. The third-order valence-electron chi connectivity index (χ3n) is 11.2. The summed E-state index contributed by atoms with van der Waals surface area (Å²) in [5.74, 6) is 2.91. The summed E-state index contributed by atoms with van der Waals surface area (Å²) in [5, 5.41) is 3.26. The molecule has 1 N–H and O–H groups in total. The van der Waals surface area contributed by atoms with Gasteiger partial charge >= 0.3 is 0 Å². The molecule has 0 aliphatic heterocycles. The number of hydrogen-bond acceptors (Lipinski definition) is 4. The van der Waals surface area contributed by atoms with Gasteiger partial charge in [0.05, 0.1) is 10.4 Å². The Bertz CT molecular complexity index is 1040. The molecule has 1 heterocycles. The fourth-order valence-corrected chi connectivity index (χ4v) is 10.5. The molecule has 0 spiro atoms. The van der Waals surface area contributed by atoms with Gasteiger partial charge in [-0.2, -0.15) is 0 Å². The molecule has 0 bridgehead atoms. The van der Waals surface area contributed by atoms with E-state index in [9.17, 15) is 14.4 Å². The van der Waals surface area contributed by atoms with Crippen molar-refractivity contribution in [2.75, 3.05) is 0 Å². The SMILES string of the molecule is CC[C@@H](NC(=O)C[C@@H](C)[C@H]1CC[C@H]2[C@@H]3C(=O)C[C@@H]4CC(=O)CC[C@]4(C)[C@H]3CC[C@]12C)c1ccc(Cl)s1. The van der Waals surface area contributed by atoms with Crippen LogP contribution in [-0.4, -0.2) is 17.5 Å². The summed E-state index contributed by atoms with van der Waals surface area (Å²) in [6, 6.07) is 3.93. The van der Waals surface area contributed by atoms with Crippen molar-refractivity contribution in [3.05, 3.63) is 21.3 Å². The summed E-state index contributed by atoms with van der Waals surface area (Å²) in [4.78, 5) is 40.0. The average molecular weight is 532 g/mol. The van der Waals surface area contributed by atoms with Gasteiger partial charge in [-0.15, -0.1) is 11.3 Å². The number of rotatable bonds is 6. The fourth-order valence-electron chi connectivity index (χ4n) is 9.28. The van der Waals surface area contributed by atoms with Crippen molar-refractivity contribution >= 4 is 40.4 Å². The van der Waals surface area contributed by atoms with Gasteiger partial charge in [-0.05, 0) is 91.1 Å². The van der Waals surface area contributed by atoms with Crippen LogP contribution in [0.15, 0.2) is 12.1 Å². The minimum Gasteiger partial charge on any atom is -0.348 e. The highest BCUT2D eigenvalue weighted by Gasteiger charge is 2.63. The Morgan fingerprint density at radius 3 is 2.56 bits per heavy atom. The Kier molecular flexibility index (Phi) is 7.22. The monoisotopic (exact) mass is 531 g/mol. The predicted molar refractivity (Wildman–Crippen MR) is 145 cm³/mol. The minimum atomic E-state index is 0.0143. The molecule has 36 heavy (non-hydrogen) atoms. The van der Waals surface area contributed by atoms with Crippen LogP contribution in [0.4, 0.5) is 0 Å². The fraction of sp³-hybridized carbons (Fsp3) is 0.767. The Labute approximate surface area is 225 Å². The molecule has 198 valence electrons. The highest BCUT2D eigenvalue weighted by atomic mass is 35.5. The van der Waals surface area contributed by atoms with Crippen LogP contribution in [0.1, 0.15) is 103 Å². The highest BCUT2D eigenvalue weighted by Crippen LogP contribution is 2.67. The van der Waals surface area contributed by atoms with Crippen LogP contribution in [-0.2, 0) is 14.4 Å². The lowest BCUT2D eigenvalue weighted by atomic mass is 9.44. The van der Waals surface area contributed by atoms with E-state index in [2.05, 4.69) is 33.0 Å². The Morgan fingerprint density at radius 2 is 1.86 bits per heavy atom. The molecule has 4 aliphatic rings. The van der Waals surface area contributed by atoms with Crippen LogP contribution < -0.4 is 5.32 Å². The summed E-state index contributed by atoms with van der Waals surface area (Å²) < 4.78 is 0.754. The number of ketones is 2. The van der Waals surface area contributed by atoms with Gasteiger partial charge in [-0.25, -0.2) is 0 Å². The Morgan fingerprint density at radius 1 is 1.11 bits per heavy atom. The third-order valence-corrected chi connectivity index (χ3v) is 12.6. The van der Waals surface area contributed by atoms with E-state index in [0.717, 1.165) is 47.7 Å². The first-order chi connectivity index (χ1) is 17.1. The van der Waals surface area contributed by atoms with Crippen LogP contribution in [0.25, 0.3) is 0 Å². The smallest absolute Gasteiger partial charge is 0.220 e. The molecule has 0 radical (unpaired) electrons. The average Bonchev–Trinajstić information content (AvgIpc) is 3.41. The Balaban J connectivity index is 1.28. The first-order valence-corrected chi connectivity index (χ1v) is 15.3. The van der Waals surface area contributed by atoms with Gasteiger partial charge in [0.15, 0.2) is 0 Å². The summed E-state index contributed by atoms with van der Waals surface area (Å²) in [5.41, 5.74) is 0.257. The van der Waals surface area contributed by atoms with E-state index >= 15 is 0 Å². The molecular weight excluding hydrogens is 490 g/mol. The minimum absolute atomic E-state index is 0.0143. The van der Waals surface area contributed by atoms with Gasteiger partial charge in [-0.1, -0.05) is 39.3 Å². The van der Waals surface area contributed by atoms with E-state index < -0.39 is 0 Å². The molecule has 4 saturated carbocycles. The Hall–Kier alpha value is -1.20. The second kappa shape index (κ2) is 9.84. The van der Waals surface area contributed by atoms with Crippen molar-refractivity contribution in [3.8, 4) is 0 Å². The third kappa shape index (κ3) is 4.40. The number of carbonyl (C=O) groups excluding carboxylic acids is 3. The molecule has 0 unspecified atom stereocenters. The van der Waals surface area contributed by atoms with Gasteiger partial charge in [0.25, 0.3) is 0 Å². The van der Waals surface area contributed by atoms with Gasteiger partial charge in [0.1, 0.15) is 11.6 Å². The lowest BCUT2D eigenvalue weighted by Crippen LogP contribution is -2.57. The van der Waals surface area contributed by atoms with E-state index in [4.69, 9.17) is 11.6 Å². The molecule has 0 saturated heterocycles. The number of thiophene rings is 1. The number of Topliss-reactive ketones (excluding diaryl/α,β-unsaturated/α-hetero) is 2. The normalized spacial score (nSPS) is 39.6. The maximum atomic E-state index is 13.6. The van der Waals surface area contributed by atoms with Crippen LogP contribution in [0.5, 0.6) is 0 Å². The maximum Gasteiger partial charge on any atom is 0.220 e.